The van der Waals surface area contributed by atoms with E-state index in [-0.39, 0.29) is 18.1 Å². The zero-order valence-corrected chi connectivity index (χ0v) is 20.2. The topological polar surface area (TPSA) is 91.8 Å². The summed E-state index contributed by atoms with van der Waals surface area (Å²) in [7, 11) is 3.11. The third-order valence-electron chi connectivity index (χ3n) is 5.93. The van der Waals surface area contributed by atoms with Gasteiger partial charge in [0.1, 0.15) is 17.3 Å². The molecule has 1 saturated heterocycles. The summed E-state index contributed by atoms with van der Waals surface area (Å²) in [6.07, 6.45) is -4.60. The first kappa shape index (κ1) is 26.8. The number of anilines is 2. The molecule has 0 aliphatic carbocycles. The van der Waals surface area contributed by atoms with Crippen molar-refractivity contribution < 1.29 is 31.1 Å². The van der Waals surface area contributed by atoms with E-state index in [9.17, 15) is 31.1 Å². The molecule has 2 aromatic rings. The molecule has 0 spiro atoms. The number of amides is 1. The largest absolute Gasteiger partial charge is 0.755 e. The molecule has 35 heavy (non-hydrogen) atoms. The third-order valence-corrected chi connectivity index (χ3v) is 6.57. The van der Waals surface area contributed by atoms with Crippen LogP contribution >= 0.6 is 0 Å². The van der Waals surface area contributed by atoms with Crippen molar-refractivity contribution in [3.8, 4) is 0 Å². The molecule has 0 saturated carbocycles. The molecule has 2 heterocycles. The Morgan fingerprint density at radius 3 is 2.46 bits per heavy atom. The van der Waals surface area contributed by atoms with Crippen molar-refractivity contribution in [2.24, 2.45) is 0 Å². The molecule has 0 radical (unpaired) electrons. The van der Waals surface area contributed by atoms with Gasteiger partial charge in [-0.2, -0.15) is 13.2 Å². The fourth-order valence-electron chi connectivity index (χ4n) is 3.68. The highest BCUT2D eigenvalue weighted by atomic mass is 32.2. The monoisotopic (exact) mass is 516 g/mol. The van der Waals surface area contributed by atoms with Crippen molar-refractivity contribution in [2.75, 3.05) is 49.5 Å². The van der Waals surface area contributed by atoms with E-state index in [2.05, 4.69) is 15.2 Å². The SMILES string of the molecule is CC(C(=O)NCc1ccc(C(F)(F)F)nc1N1CCN(C)CC1)c1ccc(N(C)S(=O)[O-])c(F)c1. The average molecular weight is 517 g/mol. The van der Waals surface area contributed by atoms with Crippen LogP contribution in [-0.4, -0.2) is 64.8 Å². The highest BCUT2D eigenvalue weighted by Gasteiger charge is 2.34. The number of hydrogen-bond donors (Lipinski definition) is 1. The van der Waals surface area contributed by atoms with Crippen molar-refractivity contribution in [1.82, 2.24) is 15.2 Å². The van der Waals surface area contributed by atoms with Gasteiger partial charge in [0.2, 0.25) is 5.91 Å². The number of nitrogens with zero attached hydrogens (tertiary/aromatic N) is 4. The Morgan fingerprint density at radius 2 is 1.89 bits per heavy atom. The molecular weight excluding hydrogens is 490 g/mol. The number of nitrogens with one attached hydrogen (secondary N) is 1. The summed E-state index contributed by atoms with van der Waals surface area (Å²) in [5.41, 5.74) is -0.417. The highest BCUT2D eigenvalue weighted by molar-refractivity contribution is 7.80. The number of aromatic nitrogens is 1. The van der Waals surface area contributed by atoms with Crippen LogP contribution in [0.4, 0.5) is 29.1 Å². The molecular formula is C22H26F4N5O3S-. The van der Waals surface area contributed by atoms with Crippen LogP contribution < -0.4 is 14.5 Å². The zero-order chi connectivity index (χ0) is 25.9. The lowest BCUT2D eigenvalue weighted by Gasteiger charge is -2.34. The Balaban J connectivity index is 1.76. The molecule has 1 N–H and O–H groups in total. The maximum atomic E-state index is 14.4. The van der Waals surface area contributed by atoms with Crippen LogP contribution in [0.1, 0.15) is 29.7 Å². The van der Waals surface area contributed by atoms with Gasteiger partial charge in [-0.3, -0.25) is 9.00 Å². The second-order valence-corrected chi connectivity index (χ2v) is 9.31. The Bertz CT molecular complexity index is 1090. The molecule has 192 valence electrons. The van der Waals surface area contributed by atoms with Crippen molar-refractivity contribution in [2.45, 2.75) is 25.6 Å². The number of piperazine rings is 1. The number of alkyl halides is 3. The lowest BCUT2D eigenvalue weighted by molar-refractivity contribution is -0.141. The van der Waals surface area contributed by atoms with Crippen LogP contribution in [0.15, 0.2) is 30.3 Å². The molecule has 2 unspecified atom stereocenters. The molecule has 1 aliphatic heterocycles. The Kier molecular flexibility index (Phi) is 8.34. The van der Waals surface area contributed by atoms with Gasteiger partial charge in [0.05, 0.1) is 11.6 Å². The van der Waals surface area contributed by atoms with Gasteiger partial charge in [0.25, 0.3) is 0 Å². The molecule has 2 atom stereocenters. The van der Waals surface area contributed by atoms with Crippen LogP contribution in [-0.2, 0) is 28.8 Å². The van der Waals surface area contributed by atoms with E-state index in [1.807, 2.05) is 7.05 Å². The number of hydrogen-bond acceptors (Lipinski definition) is 6. The summed E-state index contributed by atoms with van der Waals surface area (Å²) in [6.45, 7) is 3.81. The molecule has 1 aromatic carbocycles. The lowest BCUT2D eigenvalue weighted by atomic mass is 9.99. The second kappa shape index (κ2) is 10.9. The summed E-state index contributed by atoms with van der Waals surface area (Å²) in [6, 6.07) is 5.98. The van der Waals surface area contributed by atoms with Gasteiger partial charge >= 0.3 is 6.18 Å². The smallest absolute Gasteiger partial charge is 0.433 e. The number of carbonyl (C=O) groups excluding carboxylic acids is 1. The Hall–Kier alpha value is -2.77. The molecule has 0 bridgehead atoms. The fourth-order valence-corrected chi connectivity index (χ4v) is 3.99. The number of benzene rings is 1. The molecule has 3 rings (SSSR count). The number of likely N-dealkylation sites (N-methyl/N-ethyl adjacent to an activating group) is 1. The van der Waals surface area contributed by atoms with E-state index in [1.54, 1.807) is 11.8 Å². The average Bonchev–Trinajstić information content (AvgIpc) is 2.81. The van der Waals surface area contributed by atoms with Gasteiger partial charge in [-0.25, -0.2) is 9.37 Å². The van der Waals surface area contributed by atoms with Crippen LogP contribution in [0.2, 0.25) is 0 Å². The Morgan fingerprint density at radius 1 is 1.23 bits per heavy atom. The molecule has 1 fully saturated rings. The highest BCUT2D eigenvalue weighted by Crippen LogP contribution is 2.31. The predicted octanol–water partition coefficient (Wildman–Crippen LogP) is 2.64. The molecule has 1 aromatic heterocycles. The number of rotatable bonds is 7. The minimum Gasteiger partial charge on any atom is -0.755 e. The number of carbonyl (C=O) groups is 1. The molecule has 1 amide bonds. The van der Waals surface area contributed by atoms with Gasteiger partial charge in [-0.15, -0.1) is 0 Å². The van der Waals surface area contributed by atoms with E-state index in [1.165, 1.54) is 25.2 Å². The van der Waals surface area contributed by atoms with Gasteiger partial charge in [-0.1, -0.05) is 12.1 Å². The molecule has 13 heteroatoms. The van der Waals surface area contributed by atoms with E-state index in [0.29, 0.717) is 37.3 Å². The van der Waals surface area contributed by atoms with Gasteiger partial charge in [0.15, 0.2) is 0 Å². The first-order valence-corrected chi connectivity index (χ1v) is 11.8. The minimum absolute atomic E-state index is 0.0611. The fraction of sp³-hybridized carbons (Fsp3) is 0.455. The van der Waals surface area contributed by atoms with Crippen LogP contribution in [0.25, 0.3) is 0 Å². The summed E-state index contributed by atoms with van der Waals surface area (Å²) in [5, 5.41) is 2.69. The van der Waals surface area contributed by atoms with Crippen molar-refractivity contribution in [3.05, 3.63) is 53.0 Å². The Labute approximate surface area is 203 Å². The minimum atomic E-state index is -4.60. The molecule has 1 aliphatic rings. The standard InChI is InChI=1S/C22H27F4N5O3S/c1-14(15-4-6-18(17(23)12-15)30(3)35(33)34)21(32)27-13-16-5-7-19(22(24,25)26)28-20(16)31-10-8-29(2)9-11-31/h4-7,12,14H,8-11,13H2,1-3H3,(H,27,32)(H,33,34)/p-1. The summed E-state index contributed by atoms with van der Waals surface area (Å²) >= 11 is -2.65. The maximum Gasteiger partial charge on any atom is 0.433 e. The van der Waals surface area contributed by atoms with Gasteiger partial charge < -0.3 is 24.0 Å². The quantitative estimate of drug-likeness (QED) is 0.450. The van der Waals surface area contributed by atoms with E-state index >= 15 is 0 Å². The van der Waals surface area contributed by atoms with Crippen LogP contribution in [0.3, 0.4) is 0 Å². The van der Waals surface area contributed by atoms with Gasteiger partial charge in [-0.05, 0) is 37.7 Å². The first-order chi connectivity index (χ1) is 16.4. The van der Waals surface area contributed by atoms with Crippen molar-refractivity contribution in [3.63, 3.8) is 0 Å². The van der Waals surface area contributed by atoms with Crippen LogP contribution in [0.5, 0.6) is 0 Å². The number of pyridine rings is 1. The first-order valence-electron chi connectivity index (χ1n) is 10.8. The van der Waals surface area contributed by atoms with Gasteiger partial charge in [0, 0.05) is 56.6 Å². The third kappa shape index (κ3) is 6.47. The number of halogens is 4. The van der Waals surface area contributed by atoms with Crippen LogP contribution in [0, 0.1) is 5.82 Å². The van der Waals surface area contributed by atoms with E-state index < -0.39 is 40.8 Å². The van der Waals surface area contributed by atoms with Crippen molar-refractivity contribution in [1.29, 1.82) is 0 Å². The molecule has 8 nitrogen and oxygen atoms in total. The maximum absolute atomic E-state index is 14.4. The summed E-state index contributed by atoms with van der Waals surface area (Å²) in [5.74, 6) is -1.90. The predicted molar refractivity (Wildman–Crippen MR) is 123 cm³/mol. The van der Waals surface area contributed by atoms with E-state index in [0.717, 1.165) is 16.4 Å². The second-order valence-electron chi connectivity index (χ2n) is 8.33. The summed E-state index contributed by atoms with van der Waals surface area (Å²) in [4.78, 5) is 20.4. The van der Waals surface area contributed by atoms with E-state index in [4.69, 9.17) is 0 Å². The van der Waals surface area contributed by atoms with Crippen molar-refractivity contribution >= 4 is 28.7 Å². The normalized spacial score (nSPS) is 16.6. The lowest BCUT2D eigenvalue weighted by Crippen LogP contribution is -2.45. The summed E-state index contributed by atoms with van der Waals surface area (Å²) < 4.78 is 77.0. The zero-order valence-electron chi connectivity index (χ0n) is 19.4.